The van der Waals surface area contributed by atoms with Gasteiger partial charge in [0.15, 0.2) is 5.69 Å². The van der Waals surface area contributed by atoms with Crippen molar-refractivity contribution in [3.05, 3.63) is 114 Å². The normalized spacial score (nSPS) is 20.3. The molecule has 11 nitrogen and oxygen atoms in total. The second kappa shape index (κ2) is 17.8. The van der Waals surface area contributed by atoms with Gasteiger partial charge in [-0.3, -0.25) is 14.4 Å². The third-order valence-corrected chi connectivity index (χ3v) is 9.57. The molecule has 2 aliphatic rings. The lowest BCUT2D eigenvalue weighted by molar-refractivity contribution is -0.124. The molecule has 268 valence electrons. The monoisotopic (exact) mass is 693 g/mol. The Hall–Kier alpha value is -5.00. The Balaban J connectivity index is 1.16. The van der Waals surface area contributed by atoms with Crippen LogP contribution in [0.15, 0.2) is 91.0 Å². The van der Waals surface area contributed by atoms with Crippen LogP contribution in [0.4, 0.5) is 5.69 Å². The number of ether oxygens (including phenoxy) is 3. The number of carbonyl (C=O) groups is 3. The second-order valence-electron chi connectivity index (χ2n) is 13.2. The number of hydrogen-bond acceptors (Lipinski definition) is 7. The van der Waals surface area contributed by atoms with Crippen molar-refractivity contribution in [2.45, 2.75) is 95.4 Å². The predicted octanol–water partition coefficient (Wildman–Crippen LogP) is 6.05. The highest BCUT2D eigenvalue weighted by molar-refractivity contribution is 6.05. The Kier molecular flexibility index (Phi) is 12.5. The molecule has 6 rings (SSSR count). The number of nitrogens with one attached hydrogen (secondary N) is 3. The maximum absolute atomic E-state index is 13.9. The molecule has 4 aromatic rings. The molecule has 1 unspecified atom stereocenters. The Morgan fingerprint density at radius 1 is 0.706 bits per heavy atom. The molecule has 0 spiro atoms. The summed E-state index contributed by atoms with van der Waals surface area (Å²) in [5, 5.41) is 13.6. The molecule has 0 saturated heterocycles. The van der Waals surface area contributed by atoms with E-state index in [2.05, 4.69) is 21.0 Å². The van der Waals surface area contributed by atoms with Gasteiger partial charge in [-0.1, -0.05) is 86.3 Å². The number of carbonyl (C=O) groups excluding carboxylic acids is 3. The summed E-state index contributed by atoms with van der Waals surface area (Å²) in [5.41, 5.74) is 2.82. The van der Waals surface area contributed by atoms with Crippen LogP contribution in [0, 0.1) is 0 Å². The maximum Gasteiger partial charge on any atom is 0.276 e. The smallest absolute Gasteiger partial charge is 0.276 e. The molecule has 51 heavy (non-hydrogen) atoms. The quantitative estimate of drug-likeness (QED) is 0.147. The lowest BCUT2D eigenvalue weighted by Gasteiger charge is -2.32. The van der Waals surface area contributed by atoms with E-state index in [1.165, 1.54) is 10.7 Å². The van der Waals surface area contributed by atoms with Crippen molar-refractivity contribution in [2.75, 3.05) is 12.4 Å². The second-order valence-corrected chi connectivity index (χ2v) is 13.2. The molecular weight excluding hydrogens is 646 g/mol. The first kappa shape index (κ1) is 35.8. The van der Waals surface area contributed by atoms with Gasteiger partial charge < -0.3 is 30.2 Å². The molecule has 3 N–H and O–H groups in total. The Morgan fingerprint density at radius 3 is 1.82 bits per heavy atom. The van der Waals surface area contributed by atoms with Gasteiger partial charge >= 0.3 is 0 Å². The lowest BCUT2D eigenvalue weighted by Crippen LogP contribution is -2.48. The highest BCUT2D eigenvalue weighted by Gasteiger charge is 2.31. The third-order valence-electron chi connectivity index (χ3n) is 9.57. The van der Waals surface area contributed by atoms with E-state index in [4.69, 9.17) is 14.2 Å². The largest absolute Gasteiger partial charge is 0.497 e. The van der Waals surface area contributed by atoms with E-state index in [-0.39, 0.29) is 48.1 Å². The Labute approximate surface area is 299 Å². The first-order chi connectivity index (χ1) is 24.9. The van der Waals surface area contributed by atoms with Crippen LogP contribution in [0.25, 0.3) is 0 Å². The first-order valence-corrected chi connectivity index (χ1v) is 17.9. The Morgan fingerprint density at radius 2 is 1.25 bits per heavy atom. The van der Waals surface area contributed by atoms with Crippen molar-refractivity contribution in [3.63, 3.8) is 0 Å². The van der Waals surface area contributed by atoms with E-state index in [9.17, 15) is 14.4 Å². The minimum absolute atomic E-state index is 0.0195. The number of rotatable bonds is 14. The summed E-state index contributed by atoms with van der Waals surface area (Å²) >= 11 is 0. The SMILES string of the molecule is COc1ccc(NC(=O)c2cc(C(=O)N[C@H]3CCCC[C@@H]3OCc3ccccc3)n(CC(=O)NC3CCCC[C@@H]3OCc3ccccc3)n2)cc1. The minimum Gasteiger partial charge on any atom is -0.497 e. The highest BCUT2D eigenvalue weighted by atomic mass is 16.5. The maximum atomic E-state index is 13.9. The van der Waals surface area contributed by atoms with Crippen LogP contribution < -0.4 is 20.7 Å². The van der Waals surface area contributed by atoms with Crippen molar-refractivity contribution >= 4 is 23.4 Å². The molecule has 1 aromatic heterocycles. The summed E-state index contributed by atoms with van der Waals surface area (Å²) in [7, 11) is 1.57. The van der Waals surface area contributed by atoms with Crippen LogP contribution in [-0.2, 0) is 34.0 Å². The van der Waals surface area contributed by atoms with Crippen molar-refractivity contribution < 1.29 is 28.6 Å². The van der Waals surface area contributed by atoms with Crippen LogP contribution in [0.2, 0.25) is 0 Å². The molecule has 2 aliphatic carbocycles. The highest BCUT2D eigenvalue weighted by Crippen LogP contribution is 2.25. The molecule has 0 aliphatic heterocycles. The lowest BCUT2D eigenvalue weighted by atomic mass is 9.92. The zero-order valence-electron chi connectivity index (χ0n) is 29.1. The molecule has 2 saturated carbocycles. The van der Waals surface area contributed by atoms with E-state index in [0.29, 0.717) is 24.7 Å². The van der Waals surface area contributed by atoms with Crippen LogP contribution in [0.5, 0.6) is 5.75 Å². The molecule has 0 bridgehead atoms. The molecular formula is C40H47N5O6. The topological polar surface area (TPSA) is 133 Å². The molecule has 0 radical (unpaired) electrons. The molecule has 2 fully saturated rings. The fraction of sp³-hybridized carbons (Fsp3) is 0.400. The van der Waals surface area contributed by atoms with Crippen molar-refractivity contribution in [1.29, 1.82) is 0 Å². The summed E-state index contributed by atoms with van der Waals surface area (Å²) in [6.45, 7) is 0.674. The summed E-state index contributed by atoms with van der Waals surface area (Å²) in [5.74, 6) is -0.574. The van der Waals surface area contributed by atoms with E-state index in [1.807, 2.05) is 60.7 Å². The number of amides is 3. The van der Waals surface area contributed by atoms with E-state index >= 15 is 0 Å². The van der Waals surface area contributed by atoms with Gasteiger partial charge in [-0.05, 0) is 61.1 Å². The average molecular weight is 694 g/mol. The molecule has 3 amide bonds. The van der Waals surface area contributed by atoms with Gasteiger partial charge in [0.2, 0.25) is 5.91 Å². The molecule has 4 atom stereocenters. The van der Waals surface area contributed by atoms with Crippen molar-refractivity contribution in [2.24, 2.45) is 0 Å². The molecule has 1 heterocycles. The van der Waals surface area contributed by atoms with Crippen LogP contribution in [0.3, 0.4) is 0 Å². The number of hydrogen-bond donors (Lipinski definition) is 3. The summed E-state index contributed by atoms with van der Waals surface area (Å²) < 4.78 is 19.1. The zero-order chi connectivity index (χ0) is 35.4. The number of anilines is 1. The number of benzene rings is 3. The first-order valence-electron chi connectivity index (χ1n) is 17.9. The Bertz CT molecular complexity index is 1730. The standard InChI is InChI=1S/C40H47N5O6/c1-49-31-22-20-30(21-23-31)41-39(47)34-24-35(40(48)43-33-17-9-11-19-37(33)51-27-29-14-6-3-7-15-29)45(44-34)25-38(46)42-32-16-8-10-18-36(32)50-26-28-12-4-2-5-13-28/h2-7,12-15,20-24,32-33,36-37H,8-11,16-19,25-27H2,1H3,(H,41,47)(H,42,46)(H,43,48)/t32?,33-,36-,37-/m0/s1. The van der Waals surface area contributed by atoms with E-state index in [1.54, 1.807) is 31.4 Å². The van der Waals surface area contributed by atoms with Gasteiger partial charge in [0.05, 0.1) is 44.6 Å². The van der Waals surface area contributed by atoms with Gasteiger partial charge in [0.25, 0.3) is 11.8 Å². The van der Waals surface area contributed by atoms with Crippen LogP contribution in [-0.4, -0.2) is 58.9 Å². The van der Waals surface area contributed by atoms with Gasteiger partial charge in [0.1, 0.15) is 18.0 Å². The van der Waals surface area contributed by atoms with E-state index < -0.39 is 11.8 Å². The number of nitrogens with zero attached hydrogens (tertiary/aromatic N) is 2. The van der Waals surface area contributed by atoms with Gasteiger partial charge in [-0.25, -0.2) is 4.68 Å². The fourth-order valence-corrected chi connectivity index (χ4v) is 6.81. The third kappa shape index (κ3) is 10.0. The van der Waals surface area contributed by atoms with Gasteiger partial charge in [-0.2, -0.15) is 5.10 Å². The van der Waals surface area contributed by atoms with Gasteiger partial charge in [-0.15, -0.1) is 0 Å². The fourth-order valence-electron chi connectivity index (χ4n) is 6.81. The number of methoxy groups -OCH3 is 1. The summed E-state index contributed by atoms with van der Waals surface area (Å²) in [6, 6.07) is 27.9. The average Bonchev–Trinajstić information content (AvgIpc) is 3.59. The zero-order valence-corrected chi connectivity index (χ0v) is 29.1. The van der Waals surface area contributed by atoms with Gasteiger partial charge in [0, 0.05) is 11.8 Å². The van der Waals surface area contributed by atoms with Crippen molar-refractivity contribution in [3.8, 4) is 5.75 Å². The van der Waals surface area contributed by atoms with Crippen molar-refractivity contribution in [1.82, 2.24) is 20.4 Å². The minimum atomic E-state index is -0.503. The molecule has 3 aromatic carbocycles. The summed E-state index contributed by atoms with van der Waals surface area (Å²) in [6.07, 6.45) is 6.90. The predicted molar refractivity (Wildman–Crippen MR) is 193 cm³/mol. The van der Waals surface area contributed by atoms with Crippen LogP contribution >= 0.6 is 0 Å². The molecule has 11 heteroatoms. The summed E-state index contributed by atoms with van der Waals surface area (Å²) in [4.78, 5) is 40.9. The van der Waals surface area contributed by atoms with Crippen LogP contribution in [0.1, 0.15) is 83.5 Å². The van der Waals surface area contributed by atoms with E-state index in [0.717, 1.165) is 62.5 Å². The number of aromatic nitrogens is 2.